The number of nitrogens with zero attached hydrogens (tertiary/aromatic N) is 3. The molecule has 7 nitrogen and oxygen atoms in total. The summed E-state index contributed by atoms with van der Waals surface area (Å²) in [4.78, 5) is 4.38. The van der Waals surface area contributed by atoms with E-state index < -0.39 is 10.0 Å². The Morgan fingerprint density at radius 1 is 1.33 bits per heavy atom. The predicted octanol–water partition coefficient (Wildman–Crippen LogP) is 0.991. The number of benzene rings is 1. The highest BCUT2D eigenvalue weighted by molar-refractivity contribution is 7.89. The van der Waals surface area contributed by atoms with Gasteiger partial charge in [0.1, 0.15) is 17.9 Å². The van der Waals surface area contributed by atoms with Crippen molar-refractivity contribution in [2.75, 3.05) is 20.2 Å². The van der Waals surface area contributed by atoms with Gasteiger partial charge in [0.2, 0.25) is 10.0 Å². The number of hydrogen-bond donors (Lipinski definition) is 1. The number of methoxy groups -OCH3 is 1. The van der Waals surface area contributed by atoms with Crippen LogP contribution in [0.5, 0.6) is 5.75 Å². The van der Waals surface area contributed by atoms with Crippen LogP contribution in [0.3, 0.4) is 0 Å². The summed E-state index contributed by atoms with van der Waals surface area (Å²) in [7, 11) is -1.92. The van der Waals surface area contributed by atoms with E-state index in [2.05, 4.69) is 15.2 Å². The number of sulfonamides is 1. The number of rotatable bonds is 4. The fraction of sp³-hybridized carbons (Fsp3) is 0.385. The van der Waals surface area contributed by atoms with E-state index in [0.29, 0.717) is 18.8 Å². The van der Waals surface area contributed by atoms with Crippen molar-refractivity contribution in [3.05, 3.63) is 36.4 Å². The van der Waals surface area contributed by atoms with Gasteiger partial charge in [0.25, 0.3) is 0 Å². The molecule has 1 aliphatic rings. The highest BCUT2D eigenvalue weighted by Gasteiger charge is 2.34. The molecule has 1 fully saturated rings. The van der Waals surface area contributed by atoms with Gasteiger partial charge in [-0.2, -0.15) is 9.40 Å². The van der Waals surface area contributed by atoms with Gasteiger partial charge in [-0.25, -0.2) is 13.4 Å². The molecule has 0 saturated carbocycles. The summed E-state index contributed by atoms with van der Waals surface area (Å²) in [5.41, 5.74) is 0. The Balaban J connectivity index is 1.79. The van der Waals surface area contributed by atoms with Crippen molar-refractivity contribution in [3.8, 4) is 5.75 Å². The molecule has 1 saturated heterocycles. The second kappa shape index (κ2) is 5.45. The molecule has 3 rings (SSSR count). The first-order chi connectivity index (χ1) is 10.1. The molecule has 1 aromatic carbocycles. The monoisotopic (exact) mass is 308 g/mol. The summed E-state index contributed by atoms with van der Waals surface area (Å²) >= 11 is 0. The summed E-state index contributed by atoms with van der Waals surface area (Å²) in [5.74, 6) is 1.44. The second-order valence-electron chi connectivity index (χ2n) is 4.89. The summed E-state index contributed by atoms with van der Waals surface area (Å²) in [6.45, 7) is 0.906. The van der Waals surface area contributed by atoms with Crippen molar-refractivity contribution in [1.29, 1.82) is 0 Å². The molecule has 0 radical (unpaired) electrons. The normalized spacial score (nSPS) is 19.8. The van der Waals surface area contributed by atoms with Crippen molar-refractivity contribution in [1.82, 2.24) is 19.5 Å². The summed E-state index contributed by atoms with van der Waals surface area (Å²) in [6, 6.07) is 6.43. The van der Waals surface area contributed by atoms with Crippen LogP contribution in [0.15, 0.2) is 35.5 Å². The first kappa shape index (κ1) is 14.0. The van der Waals surface area contributed by atoms with E-state index in [1.54, 1.807) is 31.4 Å². The zero-order valence-corrected chi connectivity index (χ0v) is 12.4. The minimum atomic E-state index is -3.47. The molecule has 8 heteroatoms. The van der Waals surface area contributed by atoms with Crippen LogP contribution in [-0.2, 0) is 10.0 Å². The molecule has 112 valence electrons. The van der Waals surface area contributed by atoms with Gasteiger partial charge in [0.15, 0.2) is 0 Å². The van der Waals surface area contributed by atoms with E-state index in [4.69, 9.17) is 4.74 Å². The van der Waals surface area contributed by atoms with E-state index in [-0.39, 0.29) is 10.8 Å². The lowest BCUT2D eigenvalue weighted by Gasteiger charge is -2.16. The highest BCUT2D eigenvalue weighted by atomic mass is 32.2. The molecule has 0 amide bonds. The molecule has 0 bridgehead atoms. The standard InChI is InChI=1S/C13H16N4O3S/c1-20-11-2-4-12(5-3-11)21(18,19)17-7-6-10(8-17)13-14-9-15-16-13/h2-5,9-10H,6-8H2,1H3,(H,14,15,16). The van der Waals surface area contributed by atoms with E-state index in [1.165, 1.54) is 10.6 Å². The molecule has 0 spiro atoms. The van der Waals surface area contributed by atoms with Gasteiger partial charge in [-0.3, -0.25) is 5.10 Å². The maximum Gasteiger partial charge on any atom is 0.243 e. The van der Waals surface area contributed by atoms with E-state index in [9.17, 15) is 8.42 Å². The van der Waals surface area contributed by atoms with E-state index in [0.717, 1.165) is 12.2 Å². The molecule has 2 aromatic rings. The Hall–Kier alpha value is -1.93. The zero-order chi connectivity index (χ0) is 14.9. The number of H-pyrrole nitrogens is 1. The molecule has 2 heterocycles. The van der Waals surface area contributed by atoms with Gasteiger partial charge in [-0.1, -0.05) is 0 Å². The largest absolute Gasteiger partial charge is 0.497 e. The predicted molar refractivity (Wildman–Crippen MR) is 75.5 cm³/mol. The average molecular weight is 308 g/mol. The van der Waals surface area contributed by atoms with Crippen LogP contribution < -0.4 is 4.74 Å². The minimum Gasteiger partial charge on any atom is -0.497 e. The van der Waals surface area contributed by atoms with Crippen molar-refractivity contribution in [2.24, 2.45) is 0 Å². The average Bonchev–Trinajstić information content (AvgIpc) is 3.18. The molecule has 1 unspecified atom stereocenters. The highest BCUT2D eigenvalue weighted by Crippen LogP contribution is 2.29. The number of ether oxygens (including phenoxy) is 1. The zero-order valence-electron chi connectivity index (χ0n) is 11.6. The lowest BCUT2D eigenvalue weighted by Crippen LogP contribution is -2.28. The first-order valence-corrected chi connectivity index (χ1v) is 8.05. The SMILES string of the molecule is COc1ccc(S(=O)(=O)N2CCC(c3ncn[nH]3)C2)cc1. The molecule has 0 aliphatic carbocycles. The van der Waals surface area contributed by atoms with Crippen molar-refractivity contribution < 1.29 is 13.2 Å². The van der Waals surface area contributed by atoms with Crippen molar-refractivity contribution >= 4 is 10.0 Å². The molecule has 1 N–H and O–H groups in total. The van der Waals surface area contributed by atoms with E-state index in [1.807, 2.05) is 0 Å². The van der Waals surface area contributed by atoms with Gasteiger partial charge in [-0.15, -0.1) is 0 Å². The molecule has 1 aliphatic heterocycles. The number of hydrogen-bond acceptors (Lipinski definition) is 5. The Labute approximate surface area is 123 Å². The van der Waals surface area contributed by atoms with Gasteiger partial charge in [0, 0.05) is 19.0 Å². The Bertz CT molecular complexity index is 698. The lowest BCUT2D eigenvalue weighted by molar-refractivity contribution is 0.414. The van der Waals surface area contributed by atoms with Crippen LogP contribution in [0.4, 0.5) is 0 Å². The topological polar surface area (TPSA) is 88.2 Å². The number of nitrogens with one attached hydrogen (secondary N) is 1. The quantitative estimate of drug-likeness (QED) is 0.910. The fourth-order valence-electron chi connectivity index (χ4n) is 2.48. The van der Waals surface area contributed by atoms with Crippen LogP contribution in [0.2, 0.25) is 0 Å². The van der Waals surface area contributed by atoms with Crippen LogP contribution in [0, 0.1) is 0 Å². The summed E-state index contributed by atoms with van der Waals surface area (Å²) < 4.78 is 31.7. The minimum absolute atomic E-state index is 0.0699. The van der Waals surface area contributed by atoms with Crippen LogP contribution in [-0.4, -0.2) is 48.1 Å². The summed E-state index contributed by atoms with van der Waals surface area (Å²) in [6.07, 6.45) is 2.18. The third kappa shape index (κ3) is 2.64. The van der Waals surface area contributed by atoms with Crippen molar-refractivity contribution in [2.45, 2.75) is 17.2 Å². The fourth-order valence-corrected chi connectivity index (χ4v) is 3.98. The smallest absolute Gasteiger partial charge is 0.243 e. The molecule has 21 heavy (non-hydrogen) atoms. The number of aromatic amines is 1. The maximum atomic E-state index is 12.6. The Morgan fingerprint density at radius 2 is 2.10 bits per heavy atom. The van der Waals surface area contributed by atoms with Crippen LogP contribution >= 0.6 is 0 Å². The maximum absolute atomic E-state index is 12.6. The second-order valence-corrected chi connectivity index (χ2v) is 6.83. The van der Waals surface area contributed by atoms with Gasteiger partial charge in [-0.05, 0) is 30.7 Å². The van der Waals surface area contributed by atoms with Crippen LogP contribution in [0.25, 0.3) is 0 Å². The Morgan fingerprint density at radius 3 is 2.71 bits per heavy atom. The van der Waals surface area contributed by atoms with Gasteiger partial charge >= 0.3 is 0 Å². The molecule has 1 aromatic heterocycles. The molecular formula is C13H16N4O3S. The van der Waals surface area contributed by atoms with Crippen LogP contribution in [0.1, 0.15) is 18.2 Å². The molecular weight excluding hydrogens is 292 g/mol. The van der Waals surface area contributed by atoms with E-state index >= 15 is 0 Å². The third-order valence-corrected chi connectivity index (χ3v) is 5.55. The lowest BCUT2D eigenvalue weighted by atomic mass is 10.1. The van der Waals surface area contributed by atoms with Gasteiger partial charge < -0.3 is 4.74 Å². The Kier molecular flexibility index (Phi) is 3.64. The summed E-state index contributed by atoms with van der Waals surface area (Å²) in [5, 5.41) is 6.62. The number of aromatic nitrogens is 3. The van der Waals surface area contributed by atoms with Gasteiger partial charge in [0.05, 0.1) is 12.0 Å². The first-order valence-electron chi connectivity index (χ1n) is 6.61. The molecule has 1 atom stereocenters. The van der Waals surface area contributed by atoms with Crippen molar-refractivity contribution in [3.63, 3.8) is 0 Å². The third-order valence-electron chi connectivity index (χ3n) is 3.67.